The molecule has 6 nitrogen and oxygen atoms in total. The lowest BCUT2D eigenvalue weighted by Crippen LogP contribution is -2.06. The highest BCUT2D eigenvalue weighted by molar-refractivity contribution is 9.10. The minimum Gasteiger partial charge on any atom is -0.453 e. The maximum atomic E-state index is 12.0. The highest BCUT2D eigenvalue weighted by Crippen LogP contribution is 2.19. The van der Waals surface area contributed by atoms with Gasteiger partial charge in [0.15, 0.2) is 0 Å². The Bertz CT molecular complexity index is 878. The summed E-state index contributed by atoms with van der Waals surface area (Å²) >= 11 is 15.1. The van der Waals surface area contributed by atoms with E-state index in [4.69, 9.17) is 32.4 Å². The average molecular weight is 431 g/mol. The number of hydrogen-bond acceptors (Lipinski definition) is 5. The fraction of sp³-hybridized carbons (Fsp3) is 0.133. The van der Waals surface area contributed by atoms with Crippen LogP contribution in [0.4, 0.5) is 0 Å². The van der Waals surface area contributed by atoms with Crippen LogP contribution >= 0.6 is 39.1 Å². The van der Waals surface area contributed by atoms with E-state index in [2.05, 4.69) is 26.0 Å². The summed E-state index contributed by atoms with van der Waals surface area (Å²) in [6, 6.07) is 6.38. The molecule has 0 unspecified atom stereocenters. The molecule has 0 amide bonds. The summed E-state index contributed by atoms with van der Waals surface area (Å²) in [6.45, 7) is 0.306. The number of carbonyl (C=O) groups is 1. The van der Waals surface area contributed by atoms with Crippen molar-refractivity contribution in [1.82, 2.24) is 14.8 Å². The first kappa shape index (κ1) is 17.0. The second-order valence-corrected chi connectivity index (χ2v) is 6.47. The van der Waals surface area contributed by atoms with Crippen LogP contribution < -0.4 is 0 Å². The molecule has 0 aliphatic carbocycles. The van der Waals surface area contributed by atoms with E-state index in [0.29, 0.717) is 23.0 Å². The molecule has 0 fully saturated rings. The standard InChI is InChI=1S/C15H10BrCl2N3O3/c16-9-5-19-21(6-9)7-10-1-3-13(24-10)15(22)23-8-12-11(17)2-4-14(18)20-12/h1-6H,7-8H2. The molecular formula is C15H10BrCl2N3O3. The first-order valence-corrected chi connectivity index (χ1v) is 8.31. The van der Waals surface area contributed by atoms with E-state index in [1.165, 1.54) is 0 Å². The SMILES string of the molecule is O=C(OCc1nc(Cl)ccc1Cl)c1ccc(Cn2cc(Br)cn2)o1. The fourth-order valence-corrected chi connectivity index (χ4v) is 2.57. The quantitative estimate of drug-likeness (QED) is 0.444. The molecule has 9 heteroatoms. The van der Waals surface area contributed by atoms with Crippen LogP contribution in [0.25, 0.3) is 0 Å². The number of furan rings is 1. The largest absolute Gasteiger partial charge is 0.453 e. The summed E-state index contributed by atoms with van der Waals surface area (Å²) < 4.78 is 13.2. The summed E-state index contributed by atoms with van der Waals surface area (Å²) in [5, 5.41) is 4.76. The van der Waals surface area contributed by atoms with Crippen LogP contribution in [0.15, 0.2) is 45.5 Å². The lowest BCUT2D eigenvalue weighted by atomic mass is 10.3. The Kier molecular flexibility index (Phi) is 5.23. The third kappa shape index (κ3) is 4.17. The van der Waals surface area contributed by atoms with Crippen LogP contribution in [-0.2, 0) is 17.9 Å². The van der Waals surface area contributed by atoms with Crippen molar-refractivity contribution in [3.63, 3.8) is 0 Å². The maximum Gasteiger partial charge on any atom is 0.374 e. The van der Waals surface area contributed by atoms with Gasteiger partial charge in [-0.1, -0.05) is 23.2 Å². The first-order valence-electron chi connectivity index (χ1n) is 6.76. The van der Waals surface area contributed by atoms with E-state index in [1.807, 2.05) is 0 Å². The Morgan fingerprint density at radius 1 is 1.29 bits per heavy atom. The van der Waals surface area contributed by atoms with Crippen molar-refractivity contribution in [2.75, 3.05) is 0 Å². The number of halogens is 3. The molecule has 0 saturated heterocycles. The zero-order chi connectivity index (χ0) is 17.1. The molecule has 3 aromatic heterocycles. The van der Waals surface area contributed by atoms with E-state index < -0.39 is 5.97 Å². The van der Waals surface area contributed by atoms with Crippen molar-refractivity contribution in [3.05, 3.63) is 68.5 Å². The van der Waals surface area contributed by atoms with Crippen LogP contribution in [0.1, 0.15) is 22.0 Å². The van der Waals surface area contributed by atoms with Crippen LogP contribution in [0, 0.1) is 0 Å². The van der Waals surface area contributed by atoms with Crippen molar-refractivity contribution in [1.29, 1.82) is 0 Å². The fourth-order valence-electron chi connectivity index (χ4n) is 1.92. The molecular weight excluding hydrogens is 421 g/mol. The summed E-state index contributed by atoms with van der Waals surface area (Å²) in [6.07, 6.45) is 3.47. The Hall–Kier alpha value is -1.83. The molecule has 3 heterocycles. The Morgan fingerprint density at radius 2 is 2.12 bits per heavy atom. The number of carbonyl (C=O) groups excluding carboxylic acids is 1. The topological polar surface area (TPSA) is 70.2 Å². The number of hydrogen-bond donors (Lipinski definition) is 0. The van der Waals surface area contributed by atoms with Gasteiger partial charge in [-0.3, -0.25) is 4.68 Å². The molecule has 0 saturated carbocycles. The summed E-state index contributed by atoms with van der Waals surface area (Å²) in [5.74, 6) is 0.0616. The normalized spacial score (nSPS) is 10.8. The number of pyridine rings is 1. The molecule has 0 atom stereocenters. The monoisotopic (exact) mass is 429 g/mol. The van der Waals surface area contributed by atoms with Crippen molar-refractivity contribution in [3.8, 4) is 0 Å². The van der Waals surface area contributed by atoms with E-state index in [1.54, 1.807) is 41.3 Å². The van der Waals surface area contributed by atoms with E-state index >= 15 is 0 Å². The molecule has 0 aliphatic rings. The van der Waals surface area contributed by atoms with Crippen molar-refractivity contribution in [2.45, 2.75) is 13.2 Å². The molecule has 0 spiro atoms. The smallest absolute Gasteiger partial charge is 0.374 e. The molecule has 24 heavy (non-hydrogen) atoms. The van der Waals surface area contributed by atoms with Gasteiger partial charge in [-0.05, 0) is 40.2 Å². The lowest BCUT2D eigenvalue weighted by Gasteiger charge is -2.05. The van der Waals surface area contributed by atoms with Crippen molar-refractivity contribution in [2.24, 2.45) is 0 Å². The molecule has 3 aromatic rings. The van der Waals surface area contributed by atoms with E-state index in [9.17, 15) is 4.79 Å². The third-order valence-corrected chi connectivity index (χ3v) is 3.97. The Morgan fingerprint density at radius 3 is 2.88 bits per heavy atom. The number of nitrogens with zero attached hydrogens (tertiary/aromatic N) is 3. The molecule has 0 bridgehead atoms. The number of esters is 1. The minimum atomic E-state index is -0.610. The zero-order valence-electron chi connectivity index (χ0n) is 12.1. The molecule has 0 N–H and O–H groups in total. The van der Waals surface area contributed by atoms with Gasteiger partial charge in [0.05, 0.1) is 27.9 Å². The maximum absolute atomic E-state index is 12.0. The van der Waals surface area contributed by atoms with Gasteiger partial charge < -0.3 is 9.15 Å². The van der Waals surface area contributed by atoms with Crippen molar-refractivity contribution >= 4 is 45.1 Å². The first-order chi connectivity index (χ1) is 11.5. The second kappa shape index (κ2) is 7.38. The highest BCUT2D eigenvalue weighted by Gasteiger charge is 2.15. The summed E-state index contributed by atoms with van der Waals surface area (Å²) in [5.41, 5.74) is 0.380. The number of aromatic nitrogens is 3. The molecule has 0 radical (unpaired) electrons. The van der Waals surface area contributed by atoms with Gasteiger partial charge in [-0.15, -0.1) is 0 Å². The minimum absolute atomic E-state index is 0.0920. The summed E-state index contributed by atoms with van der Waals surface area (Å²) in [4.78, 5) is 16.0. The van der Waals surface area contributed by atoms with Crippen LogP contribution in [0.3, 0.4) is 0 Å². The average Bonchev–Trinajstić information content (AvgIpc) is 3.17. The van der Waals surface area contributed by atoms with E-state index in [-0.39, 0.29) is 17.5 Å². The number of ether oxygens (including phenoxy) is 1. The van der Waals surface area contributed by atoms with Gasteiger partial charge in [0.25, 0.3) is 0 Å². The third-order valence-electron chi connectivity index (χ3n) is 3.01. The Balaban J connectivity index is 1.62. The van der Waals surface area contributed by atoms with Gasteiger partial charge in [0.1, 0.15) is 17.5 Å². The molecule has 0 aromatic carbocycles. The van der Waals surface area contributed by atoms with Crippen LogP contribution in [-0.4, -0.2) is 20.7 Å². The second-order valence-electron chi connectivity index (χ2n) is 4.76. The van der Waals surface area contributed by atoms with Gasteiger partial charge in [0.2, 0.25) is 5.76 Å². The molecule has 3 rings (SSSR count). The van der Waals surface area contributed by atoms with Gasteiger partial charge in [-0.2, -0.15) is 5.10 Å². The van der Waals surface area contributed by atoms with Crippen LogP contribution in [0.2, 0.25) is 10.2 Å². The highest BCUT2D eigenvalue weighted by atomic mass is 79.9. The van der Waals surface area contributed by atoms with E-state index in [0.717, 1.165) is 4.47 Å². The lowest BCUT2D eigenvalue weighted by molar-refractivity contribution is 0.0429. The molecule has 0 aliphatic heterocycles. The predicted octanol–water partition coefficient (Wildman–Crippen LogP) is 4.35. The zero-order valence-corrected chi connectivity index (χ0v) is 15.2. The van der Waals surface area contributed by atoms with Crippen LogP contribution in [0.5, 0.6) is 0 Å². The predicted molar refractivity (Wildman–Crippen MR) is 91.1 cm³/mol. The summed E-state index contributed by atoms with van der Waals surface area (Å²) in [7, 11) is 0. The van der Waals surface area contributed by atoms with Gasteiger partial charge >= 0.3 is 5.97 Å². The number of rotatable bonds is 5. The Labute approximate surface area is 155 Å². The molecule has 124 valence electrons. The van der Waals surface area contributed by atoms with Gasteiger partial charge in [-0.25, -0.2) is 9.78 Å². The van der Waals surface area contributed by atoms with Gasteiger partial charge in [0, 0.05) is 6.20 Å². The van der Waals surface area contributed by atoms with Crippen molar-refractivity contribution < 1.29 is 13.9 Å².